The molecule has 2 atom stereocenters. The average molecular weight is 373 g/mol. The first-order chi connectivity index (χ1) is 12.5. The summed E-state index contributed by atoms with van der Waals surface area (Å²) in [6.07, 6.45) is 8.96. The van der Waals surface area contributed by atoms with Gasteiger partial charge in [-0.3, -0.25) is 9.59 Å². The molecule has 0 heterocycles. The van der Waals surface area contributed by atoms with E-state index in [2.05, 4.69) is 10.6 Å². The van der Waals surface area contributed by atoms with E-state index in [0.29, 0.717) is 38.8 Å². The lowest BCUT2D eigenvalue weighted by molar-refractivity contribution is -0.123. The highest BCUT2D eigenvalue weighted by atomic mass is 16.2. The van der Waals surface area contributed by atoms with Gasteiger partial charge in [0.25, 0.3) is 0 Å². The topological polar surface area (TPSA) is 162 Å². The Bertz CT molecular complexity index is 334. The number of carbonyl (C=O) groups excluding carboxylic acids is 2. The zero-order valence-corrected chi connectivity index (χ0v) is 16.2. The number of carbonyl (C=O) groups is 2. The van der Waals surface area contributed by atoms with Crippen molar-refractivity contribution in [3.8, 4) is 0 Å². The number of unbranched alkanes of at least 4 members (excludes halogenated alkanes) is 5. The summed E-state index contributed by atoms with van der Waals surface area (Å²) < 4.78 is 0. The highest BCUT2D eigenvalue weighted by Crippen LogP contribution is 2.04. The Morgan fingerprint density at radius 3 is 1.35 bits per heavy atom. The molecule has 2 unspecified atom stereocenters. The maximum absolute atomic E-state index is 11.8. The van der Waals surface area contributed by atoms with E-state index in [1.807, 2.05) is 0 Å². The minimum Gasteiger partial charge on any atom is -0.341 e. The van der Waals surface area contributed by atoms with Gasteiger partial charge in [-0.1, -0.05) is 25.7 Å². The van der Waals surface area contributed by atoms with Gasteiger partial charge in [0.2, 0.25) is 11.8 Å². The van der Waals surface area contributed by atoms with Crippen LogP contribution >= 0.6 is 0 Å². The van der Waals surface area contributed by atoms with E-state index in [9.17, 15) is 9.59 Å². The number of rotatable bonds is 17. The molecule has 0 aromatic carbocycles. The minimum atomic E-state index is -0.305. The van der Waals surface area contributed by atoms with E-state index in [1.165, 1.54) is 0 Å². The second-order valence-corrected chi connectivity index (χ2v) is 6.83. The highest BCUT2D eigenvalue weighted by molar-refractivity contribution is 5.77. The number of hydrogen-bond acceptors (Lipinski definition) is 6. The van der Waals surface area contributed by atoms with Gasteiger partial charge >= 0.3 is 0 Å². The Balaban J connectivity index is 3.61. The first kappa shape index (κ1) is 24.8. The van der Waals surface area contributed by atoms with Gasteiger partial charge in [0.05, 0.1) is 12.3 Å². The van der Waals surface area contributed by atoms with Crippen LogP contribution in [0.2, 0.25) is 0 Å². The number of amides is 2. The first-order valence-corrected chi connectivity index (χ1v) is 9.99. The van der Waals surface area contributed by atoms with Crippen molar-refractivity contribution in [2.24, 2.45) is 22.9 Å². The van der Waals surface area contributed by atoms with E-state index >= 15 is 0 Å². The molecule has 0 fully saturated rings. The standard InChI is InChI=1S/C18H40N6O2/c19-13-7-1-3-9-15(21)23-17(25)11-5-6-12-18(26)24-16(22)10-4-2-8-14-20/h15-16H,1-14,19-22H2,(H,23,25)(H,24,26). The maximum atomic E-state index is 11.8. The molecule has 0 aliphatic carbocycles. The van der Waals surface area contributed by atoms with Crippen LogP contribution in [0.3, 0.4) is 0 Å². The van der Waals surface area contributed by atoms with Crippen molar-refractivity contribution < 1.29 is 9.59 Å². The molecule has 0 bridgehead atoms. The number of nitrogens with one attached hydrogen (secondary N) is 2. The van der Waals surface area contributed by atoms with Crippen molar-refractivity contribution in [1.82, 2.24) is 10.6 Å². The molecular formula is C18H40N6O2. The summed E-state index contributed by atoms with van der Waals surface area (Å²) in [5, 5.41) is 5.58. The zero-order valence-electron chi connectivity index (χ0n) is 16.2. The summed E-state index contributed by atoms with van der Waals surface area (Å²) in [6.45, 7) is 1.38. The summed E-state index contributed by atoms with van der Waals surface area (Å²) in [7, 11) is 0. The van der Waals surface area contributed by atoms with Gasteiger partial charge in [0.1, 0.15) is 0 Å². The van der Waals surface area contributed by atoms with Crippen LogP contribution in [-0.2, 0) is 9.59 Å². The molecule has 26 heavy (non-hydrogen) atoms. The highest BCUT2D eigenvalue weighted by Gasteiger charge is 2.09. The van der Waals surface area contributed by atoms with E-state index < -0.39 is 0 Å². The quantitative estimate of drug-likeness (QED) is 0.160. The minimum absolute atomic E-state index is 0.0617. The Morgan fingerprint density at radius 1 is 0.615 bits per heavy atom. The molecule has 0 aromatic rings. The summed E-state index contributed by atoms with van der Waals surface area (Å²) in [6, 6.07) is 0. The van der Waals surface area contributed by atoms with Crippen molar-refractivity contribution in [2.45, 2.75) is 89.4 Å². The van der Waals surface area contributed by atoms with Gasteiger partial charge < -0.3 is 33.6 Å². The molecule has 8 nitrogen and oxygen atoms in total. The second kappa shape index (κ2) is 17.2. The normalized spacial score (nSPS) is 13.2. The Hall–Kier alpha value is -1.22. The van der Waals surface area contributed by atoms with E-state index in [0.717, 1.165) is 51.4 Å². The van der Waals surface area contributed by atoms with Gasteiger partial charge in [-0.25, -0.2) is 0 Å². The summed E-state index contributed by atoms with van der Waals surface area (Å²) >= 11 is 0. The van der Waals surface area contributed by atoms with Crippen LogP contribution in [0.1, 0.15) is 77.0 Å². The first-order valence-electron chi connectivity index (χ1n) is 9.99. The maximum Gasteiger partial charge on any atom is 0.221 e. The summed E-state index contributed by atoms with van der Waals surface area (Å²) in [5.41, 5.74) is 22.6. The van der Waals surface area contributed by atoms with E-state index in [-0.39, 0.29) is 24.1 Å². The van der Waals surface area contributed by atoms with E-state index in [4.69, 9.17) is 22.9 Å². The zero-order chi connectivity index (χ0) is 19.6. The van der Waals surface area contributed by atoms with Gasteiger partial charge in [-0.15, -0.1) is 0 Å². The largest absolute Gasteiger partial charge is 0.341 e. The lowest BCUT2D eigenvalue weighted by atomic mass is 10.1. The molecule has 154 valence electrons. The fourth-order valence-electron chi connectivity index (χ4n) is 2.64. The van der Waals surface area contributed by atoms with Crippen molar-refractivity contribution in [1.29, 1.82) is 0 Å². The SMILES string of the molecule is NCCCCCC(N)NC(=O)CCCCC(=O)NC(N)CCCCCN. The van der Waals surface area contributed by atoms with Crippen molar-refractivity contribution in [3.05, 3.63) is 0 Å². The van der Waals surface area contributed by atoms with Crippen LogP contribution in [0.5, 0.6) is 0 Å². The van der Waals surface area contributed by atoms with Gasteiger partial charge in [-0.05, 0) is 51.6 Å². The molecule has 0 aliphatic heterocycles. The predicted molar refractivity (Wildman–Crippen MR) is 106 cm³/mol. The van der Waals surface area contributed by atoms with Gasteiger partial charge in [0, 0.05) is 12.8 Å². The molecule has 0 saturated heterocycles. The summed E-state index contributed by atoms with van der Waals surface area (Å²) in [5.74, 6) is -0.123. The van der Waals surface area contributed by atoms with Crippen LogP contribution in [0.15, 0.2) is 0 Å². The van der Waals surface area contributed by atoms with E-state index in [1.54, 1.807) is 0 Å². The third kappa shape index (κ3) is 16.3. The molecule has 8 heteroatoms. The van der Waals surface area contributed by atoms with Crippen molar-refractivity contribution in [2.75, 3.05) is 13.1 Å². The van der Waals surface area contributed by atoms with Crippen LogP contribution in [-0.4, -0.2) is 37.2 Å². The number of nitrogens with two attached hydrogens (primary N) is 4. The monoisotopic (exact) mass is 372 g/mol. The molecule has 0 radical (unpaired) electrons. The van der Waals surface area contributed by atoms with Crippen molar-refractivity contribution in [3.63, 3.8) is 0 Å². The fourth-order valence-corrected chi connectivity index (χ4v) is 2.64. The lowest BCUT2D eigenvalue weighted by Crippen LogP contribution is -2.41. The Kier molecular flexibility index (Phi) is 16.4. The van der Waals surface area contributed by atoms with Gasteiger partial charge in [-0.2, -0.15) is 0 Å². The van der Waals surface area contributed by atoms with Crippen LogP contribution in [0.4, 0.5) is 0 Å². The third-order valence-electron chi connectivity index (χ3n) is 4.19. The second-order valence-electron chi connectivity index (χ2n) is 6.83. The number of hydrogen-bond donors (Lipinski definition) is 6. The molecular weight excluding hydrogens is 332 g/mol. The average Bonchev–Trinajstić information content (AvgIpc) is 2.59. The molecule has 0 aliphatic rings. The lowest BCUT2D eigenvalue weighted by Gasteiger charge is -2.14. The fraction of sp³-hybridized carbons (Fsp3) is 0.889. The smallest absolute Gasteiger partial charge is 0.221 e. The molecule has 2 amide bonds. The molecule has 0 spiro atoms. The molecule has 0 aromatic heterocycles. The van der Waals surface area contributed by atoms with Crippen LogP contribution in [0.25, 0.3) is 0 Å². The van der Waals surface area contributed by atoms with Crippen molar-refractivity contribution >= 4 is 11.8 Å². The third-order valence-corrected chi connectivity index (χ3v) is 4.19. The molecule has 0 saturated carbocycles. The predicted octanol–water partition coefficient (Wildman–Crippen LogP) is 0.387. The molecule has 0 rings (SSSR count). The Labute approximate surface area is 158 Å². The van der Waals surface area contributed by atoms with Crippen LogP contribution in [0, 0.1) is 0 Å². The molecule has 10 N–H and O–H groups in total. The van der Waals surface area contributed by atoms with Crippen LogP contribution < -0.4 is 33.6 Å². The summed E-state index contributed by atoms with van der Waals surface area (Å²) in [4.78, 5) is 23.6. The Morgan fingerprint density at radius 2 is 1.00 bits per heavy atom. The van der Waals surface area contributed by atoms with Gasteiger partial charge in [0.15, 0.2) is 0 Å².